The Morgan fingerprint density at radius 3 is 3.13 bits per heavy atom. The molecule has 0 spiro atoms. The number of allylic oxidation sites excluding steroid dienone is 1. The molecule has 0 saturated heterocycles. The van der Waals surface area contributed by atoms with Gasteiger partial charge in [-0.2, -0.15) is 0 Å². The van der Waals surface area contributed by atoms with Crippen molar-refractivity contribution in [2.24, 2.45) is 0 Å². The summed E-state index contributed by atoms with van der Waals surface area (Å²) in [5.74, 6) is 0.0702. The molecule has 0 atom stereocenters. The number of carbonyl (C=O) groups excluding carboxylic acids is 1. The van der Waals surface area contributed by atoms with Crippen molar-refractivity contribution in [1.29, 1.82) is 5.41 Å². The van der Waals surface area contributed by atoms with Gasteiger partial charge in [-0.1, -0.05) is 0 Å². The van der Waals surface area contributed by atoms with Gasteiger partial charge < -0.3 is 9.72 Å². The number of rotatable bonds is 4. The summed E-state index contributed by atoms with van der Waals surface area (Å²) in [4.78, 5) is 17.9. The molecule has 5 nitrogen and oxygen atoms in total. The molecular formula is C9H10BrN3O2. The van der Waals surface area contributed by atoms with Crippen LogP contribution in [-0.4, -0.2) is 27.2 Å². The SMILES string of the molecule is CCOC(=O)c1cnc(/C=C\C(=N)Br)[nH]1. The number of H-pyrrole nitrogens is 1. The standard InChI is InChI=1S/C9H10BrN3O2/c1-2-15-9(14)6-5-12-8(13-6)4-3-7(10)11/h3-5,11H,2H2,1H3,(H,12,13)/b4-3-,11-7?. The lowest BCUT2D eigenvalue weighted by molar-refractivity contribution is 0.0520. The molecule has 0 radical (unpaired) electrons. The fraction of sp³-hybridized carbons (Fsp3) is 0.222. The molecule has 1 heterocycles. The molecule has 0 aliphatic heterocycles. The zero-order chi connectivity index (χ0) is 11.3. The van der Waals surface area contributed by atoms with E-state index in [1.54, 1.807) is 13.0 Å². The molecule has 0 aromatic carbocycles. The highest BCUT2D eigenvalue weighted by Crippen LogP contribution is 2.02. The third kappa shape index (κ3) is 3.67. The predicted octanol–water partition coefficient (Wildman–Crippen LogP) is 1.97. The molecule has 1 aromatic rings. The maximum atomic E-state index is 11.2. The molecule has 0 aliphatic rings. The quantitative estimate of drug-likeness (QED) is 0.649. The van der Waals surface area contributed by atoms with Crippen LogP contribution in [0.15, 0.2) is 12.3 Å². The van der Waals surface area contributed by atoms with Gasteiger partial charge in [0.25, 0.3) is 0 Å². The van der Waals surface area contributed by atoms with Crippen molar-refractivity contribution in [2.75, 3.05) is 6.61 Å². The van der Waals surface area contributed by atoms with E-state index >= 15 is 0 Å². The number of imidazole rings is 1. The summed E-state index contributed by atoms with van der Waals surface area (Å²) in [6.45, 7) is 2.07. The van der Waals surface area contributed by atoms with E-state index in [4.69, 9.17) is 10.1 Å². The number of halogens is 1. The number of nitrogens with one attached hydrogen (secondary N) is 2. The molecule has 6 heteroatoms. The van der Waals surface area contributed by atoms with E-state index in [-0.39, 0.29) is 4.62 Å². The Labute approximate surface area is 95.2 Å². The smallest absolute Gasteiger partial charge is 0.356 e. The predicted molar refractivity (Wildman–Crippen MR) is 60.2 cm³/mol. The first kappa shape index (κ1) is 11.6. The molecule has 0 saturated carbocycles. The second kappa shape index (κ2) is 5.45. The molecule has 0 aliphatic carbocycles. The molecule has 0 unspecified atom stereocenters. The van der Waals surface area contributed by atoms with Crippen LogP contribution in [0.3, 0.4) is 0 Å². The van der Waals surface area contributed by atoms with Crippen LogP contribution < -0.4 is 0 Å². The second-order valence-corrected chi connectivity index (χ2v) is 3.44. The van der Waals surface area contributed by atoms with Gasteiger partial charge in [0.1, 0.15) is 11.5 Å². The highest BCUT2D eigenvalue weighted by molar-refractivity contribution is 9.18. The van der Waals surface area contributed by atoms with Crippen LogP contribution in [-0.2, 0) is 4.74 Å². The van der Waals surface area contributed by atoms with Crippen molar-refractivity contribution in [2.45, 2.75) is 6.92 Å². The Morgan fingerprint density at radius 1 is 1.80 bits per heavy atom. The van der Waals surface area contributed by atoms with Crippen LogP contribution in [0, 0.1) is 5.41 Å². The van der Waals surface area contributed by atoms with Crippen molar-refractivity contribution in [3.8, 4) is 0 Å². The Bertz CT molecular complexity index is 398. The van der Waals surface area contributed by atoms with E-state index in [0.29, 0.717) is 18.1 Å². The Kier molecular flexibility index (Phi) is 4.23. The van der Waals surface area contributed by atoms with Crippen LogP contribution in [0.1, 0.15) is 23.2 Å². The van der Waals surface area contributed by atoms with Crippen molar-refractivity contribution in [1.82, 2.24) is 9.97 Å². The summed E-state index contributed by atoms with van der Waals surface area (Å²) in [6.07, 6.45) is 4.49. The average Bonchev–Trinajstić information content (AvgIpc) is 2.63. The van der Waals surface area contributed by atoms with E-state index in [1.165, 1.54) is 12.3 Å². The Balaban J connectivity index is 2.72. The summed E-state index contributed by atoms with van der Waals surface area (Å²) in [7, 11) is 0. The number of hydrogen-bond donors (Lipinski definition) is 2. The minimum atomic E-state index is -0.432. The van der Waals surface area contributed by atoms with Crippen LogP contribution in [0.2, 0.25) is 0 Å². The van der Waals surface area contributed by atoms with Gasteiger partial charge in [-0.3, -0.25) is 5.41 Å². The molecule has 2 N–H and O–H groups in total. The monoisotopic (exact) mass is 271 g/mol. The van der Waals surface area contributed by atoms with Crippen molar-refractivity contribution in [3.05, 3.63) is 23.8 Å². The molecule has 15 heavy (non-hydrogen) atoms. The zero-order valence-corrected chi connectivity index (χ0v) is 9.67. The van der Waals surface area contributed by atoms with Crippen molar-refractivity contribution in [3.63, 3.8) is 0 Å². The molecule has 0 fully saturated rings. The summed E-state index contributed by atoms with van der Waals surface area (Å²) < 4.78 is 5.01. The number of aromatic amines is 1. The largest absolute Gasteiger partial charge is 0.461 e. The lowest BCUT2D eigenvalue weighted by Gasteiger charge is -1.96. The minimum absolute atomic E-state index is 0.233. The van der Waals surface area contributed by atoms with Gasteiger partial charge in [0, 0.05) is 0 Å². The highest BCUT2D eigenvalue weighted by Gasteiger charge is 2.08. The number of hydrogen-bond acceptors (Lipinski definition) is 4. The highest BCUT2D eigenvalue weighted by atomic mass is 79.9. The summed E-state index contributed by atoms with van der Waals surface area (Å²) in [5.41, 5.74) is 0.303. The van der Waals surface area contributed by atoms with Gasteiger partial charge in [0.05, 0.1) is 17.4 Å². The maximum absolute atomic E-state index is 11.2. The first-order valence-electron chi connectivity index (χ1n) is 4.27. The Hall–Kier alpha value is -1.43. The molecular weight excluding hydrogens is 262 g/mol. The van der Waals surface area contributed by atoms with E-state index in [9.17, 15) is 4.79 Å². The summed E-state index contributed by atoms with van der Waals surface area (Å²) in [5, 5.41) is 7.10. The second-order valence-electron chi connectivity index (χ2n) is 2.58. The number of ether oxygens (including phenoxy) is 1. The van der Waals surface area contributed by atoms with Gasteiger partial charge in [0.2, 0.25) is 0 Å². The van der Waals surface area contributed by atoms with Gasteiger partial charge in [-0.15, -0.1) is 0 Å². The van der Waals surface area contributed by atoms with Crippen LogP contribution in [0.4, 0.5) is 0 Å². The third-order valence-electron chi connectivity index (χ3n) is 1.48. The fourth-order valence-electron chi connectivity index (χ4n) is 0.886. The summed E-state index contributed by atoms with van der Waals surface area (Å²) in [6, 6.07) is 0. The zero-order valence-electron chi connectivity index (χ0n) is 8.08. The summed E-state index contributed by atoms with van der Waals surface area (Å²) >= 11 is 2.96. The average molecular weight is 272 g/mol. The van der Waals surface area contributed by atoms with Gasteiger partial charge in [-0.25, -0.2) is 9.78 Å². The first-order valence-corrected chi connectivity index (χ1v) is 5.07. The number of esters is 1. The first-order chi connectivity index (χ1) is 7.13. The normalized spacial score (nSPS) is 10.5. The van der Waals surface area contributed by atoms with Gasteiger partial charge >= 0.3 is 5.97 Å². The maximum Gasteiger partial charge on any atom is 0.356 e. The van der Waals surface area contributed by atoms with E-state index in [1.807, 2.05) is 0 Å². The molecule has 1 aromatic heterocycles. The van der Waals surface area contributed by atoms with E-state index in [0.717, 1.165) is 0 Å². The number of aromatic nitrogens is 2. The van der Waals surface area contributed by atoms with Crippen molar-refractivity contribution >= 4 is 32.6 Å². The fourth-order valence-corrected chi connectivity index (χ4v) is 1.02. The molecule has 80 valence electrons. The van der Waals surface area contributed by atoms with Crippen LogP contribution in [0.25, 0.3) is 6.08 Å². The Morgan fingerprint density at radius 2 is 2.53 bits per heavy atom. The third-order valence-corrected chi connectivity index (χ3v) is 1.74. The lowest BCUT2D eigenvalue weighted by atomic mass is 10.5. The molecule has 1 rings (SSSR count). The van der Waals surface area contributed by atoms with Gasteiger partial charge in [0.15, 0.2) is 0 Å². The van der Waals surface area contributed by atoms with Crippen LogP contribution in [0.5, 0.6) is 0 Å². The lowest BCUT2D eigenvalue weighted by Crippen LogP contribution is -2.04. The molecule has 0 bridgehead atoms. The number of nitrogens with zero attached hydrogens (tertiary/aromatic N) is 1. The van der Waals surface area contributed by atoms with E-state index in [2.05, 4.69) is 25.9 Å². The minimum Gasteiger partial charge on any atom is -0.461 e. The topological polar surface area (TPSA) is 78.8 Å². The van der Waals surface area contributed by atoms with Crippen molar-refractivity contribution < 1.29 is 9.53 Å². The van der Waals surface area contributed by atoms with Crippen LogP contribution >= 0.6 is 15.9 Å². The molecule has 0 amide bonds. The van der Waals surface area contributed by atoms with Gasteiger partial charge in [-0.05, 0) is 35.0 Å². The van der Waals surface area contributed by atoms with E-state index < -0.39 is 5.97 Å². The number of carbonyl (C=O) groups is 1.